The minimum Gasteiger partial charge on any atom is -0.384 e. The molecule has 0 saturated heterocycles. The van der Waals surface area contributed by atoms with E-state index in [2.05, 4.69) is 13.8 Å². The highest BCUT2D eigenvalue weighted by Gasteiger charge is 2.63. The summed E-state index contributed by atoms with van der Waals surface area (Å²) in [7, 11) is 0. The summed E-state index contributed by atoms with van der Waals surface area (Å²) in [5, 5.41) is 20.4. The van der Waals surface area contributed by atoms with Crippen LogP contribution in [0.4, 0.5) is 22.0 Å². The molecular weight excluding hydrogens is 415 g/mol. The lowest BCUT2D eigenvalue weighted by atomic mass is 9.43. The van der Waals surface area contributed by atoms with Crippen LogP contribution in [0.3, 0.4) is 0 Å². The van der Waals surface area contributed by atoms with Crippen molar-refractivity contribution in [1.82, 2.24) is 0 Å². The van der Waals surface area contributed by atoms with Crippen LogP contribution in [0.1, 0.15) is 78.6 Å². The van der Waals surface area contributed by atoms with E-state index in [0.29, 0.717) is 30.6 Å². The van der Waals surface area contributed by atoms with Crippen molar-refractivity contribution in [2.75, 3.05) is 0 Å². The standard InChI is InChI=1S/C24H37F5O2/c1-13(19(30)24(27,28)29)16-6-7-17-15-5-4-14-12-23(31,20(25)26)11-10-21(14,2)18(15)8-9-22(16,17)3/h13-20,30-31H,4-12H2,1-3H3/t13-,14+,15-,16+,17-,18-,19-,21-,22+,23+/m0/s1. The van der Waals surface area contributed by atoms with E-state index in [1.165, 1.54) is 0 Å². The average Bonchev–Trinajstić information content (AvgIpc) is 3.04. The molecule has 4 fully saturated rings. The third kappa shape index (κ3) is 3.55. The highest BCUT2D eigenvalue weighted by molar-refractivity contribution is 5.11. The zero-order valence-corrected chi connectivity index (χ0v) is 18.8. The van der Waals surface area contributed by atoms with Crippen molar-refractivity contribution in [3.63, 3.8) is 0 Å². The molecule has 0 aliphatic heterocycles. The van der Waals surface area contributed by atoms with Gasteiger partial charge >= 0.3 is 6.18 Å². The summed E-state index contributed by atoms with van der Waals surface area (Å²) in [6.07, 6.45) is -3.67. The quantitative estimate of drug-likeness (QED) is 0.501. The smallest absolute Gasteiger partial charge is 0.384 e. The molecule has 0 aromatic heterocycles. The first-order chi connectivity index (χ1) is 14.2. The third-order valence-electron chi connectivity index (χ3n) is 10.7. The fourth-order valence-corrected chi connectivity index (χ4v) is 8.89. The van der Waals surface area contributed by atoms with Gasteiger partial charge in [-0.1, -0.05) is 20.8 Å². The first-order valence-corrected chi connectivity index (χ1v) is 12.0. The van der Waals surface area contributed by atoms with Crippen molar-refractivity contribution in [1.29, 1.82) is 0 Å². The lowest BCUT2D eigenvalue weighted by molar-refractivity contribution is -0.229. The molecule has 0 radical (unpaired) electrons. The zero-order chi connectivity index (χ0) is 23.0. The number of rotatable bonds is 3. The van der Waals surface area contributed by atoms with Crippen molar-refractivity contribution in [2.24, 2.45) is 46.3 Å². The van der Waals surface area contributed by atoms with E-state index in [-0.39, 0.29) is 35.5 Å². The molecule has 0 bridgehead atoms. The Bertz CT molecular complexity index is 683. The molecule has 0 unspecified atom stereocenters. The Morgan fingerprint density at radius 2 is 1.52 bits per heavy atom. The van der Waals surface area contributed by atoms with Crippen LogP contribution in [-0.4, -0.2) is 34.5 Å². The Kier molecular flexibility index (Phi) is 5.77. The van der Waals surface area contributed by atoms with Crippen molar-refractivity contribution in [3.05, 3.63) is 0 Å². The summed E-state index contributed by atoms with van der Waals surface area (Å²) < 4.78 is 66.5. The van der Waals surface area contributed by atoms with Crippen LogP contribution in [0.15, 0.2) is 0 Å². The van der Waals surface area contributed by atoms with E-state index in [0.717, 1.165) is 32.1 Å². The highest BCUT2D eigenvalue weighted by Crippen LogP contribution is 2.69. The Balaban J connectivity index is 1.54. The molecular formula is C24H37F5O2. The third-order valence-corrected chi connectivity index (χ3v) is 10.7. The monoisotopic (exact) mass is 452 g/mol. The first-order valence-electron chi connectivity index (χ1n) is 12.0. The number of fused-ring (bicyclic) bond motifs is 5. The molecule has 10 atom stereocenters. The minimum absolute atomic E-state index is 0.0778. The van der Waals surface area contributed by atoms with Gasteiger partial charge in [-0.25, -0.2) is 8.78 Å². The second-order valence-corrected chi connectivity index (χ2v) is 11.8. The average molecular weight is 453 g/mol. The van der Waals surface area contributed by atoms with Gasteiger partial charge in [0, 0.05) is 0 Å². The van der Waals surface area contributed by atoms with Gasteiger partial charge in [0.1, 0.15) is 5.60 Å². The number of hydrogen-bond donors (Lipinski definition) is 2. The Morgan fingerprint density at radius 3 is 2.13 bits per heavy atom. The Morgan fingerprint density at radius 1 is 0.871 bits per heavy atom. The summed E-state index contributed by atoms with van der Waals surface area (Å²) in [6.45, 7) is 5.90. The van der Waals surface area contributed by atoms with Gasteiger partial charge in [0.25, 0.3) is 6.43 Å². The number of aliphatic hydroxyl groups is 2. The number of alkyl halides is 5. The largest absolute Gasteiger partial charge is 0.414 e. The summed E-state index contributed by atoms with van der Waals surface area (Å²) in [6, 6.07) is 0. The molecule has 180 valence electrons. The molecule has 0 aromatic carbocycles. The normalized spacial score (nSPS) is 49.8. The molecule has 0 spiro atoms. The predicted octanol–water partition coefficient (Wildman–Crippen LogP) is 6.20. The molecule has 0 heterocycles. The molecule has 31 heavy (non-hydrogen) atoms. The maximum absolute atomic E-state index is 13.5. The van der Waals surface area contributed by atoms with E-state index < -0.39 is 30.2 Å². The lowest BCUT2D eigenvalue weighted by Gasteiger charge is -2.62. The fourth-order valence-electron chi connectivity index (χ4n) is 8.89. The highest BCUT2D eigenvalue weighted by atomic mass is 19.4. The maximum Gasteiger partial charge on any atom is 0.414 e. The molecule has 0 aromatic rings. The Labute approximate surface area is 182 Å². The number of hydrogen-bond acceptors (Lipinski definition) is 2. The van der Waals surface area contributed by atoms with Gasteiger partial charge in [0.2, 0.25) is 0 Å². The Hall–Kier alpha value is -0.430. The number of halogens is 5. The van der Waals surface area contributed by atoms with Crippen LogP contribution in [0.5, 0.6) is 0 Å². The van der Waals surface area contributed by atoms with Crippen LogP contribution in [0.25, 0.3) is 0 Å². The second-order valence-electron chi connectivity index (χ2n) is 11.8. The molecule has 0 amide bonds. The topological polar surface area (TPSA) is 40.5 Å². The fraction of sp³-hybridized carbons (Fsp3) is 1.00. The van der Waals surface area contributed by atoms with E-state index in [1.807, 2.05) is 0 Å². The van der Waals surface area contributed by atoms with Crippen molar-refractivity contribution in [2.45, 2.75) is 103 Å². The molecule has 2 nitrogen and oxygen atoms in total. The molecule has 4 saturated carbocycles. The van der Waals surface area contributed by atoms with Crippen molar-refractivity contribution in [3.8, 4) is 0 Å². The van der Waals surface area contributed by atoms with E-state index >= 15 is 0 Å². The van der Waals surface area contributed by atoms with Gasteiger partial charge < -0.3 is 10.2 Å². The summed E-state index contributed by atoms with van der Waals surface area (Å²) in [4.78, 5) is 0. The molecule has 7 heteroatoms. The van der Waals surface area contributed by atoms with Crippen LogP contribution in [0.2, 0.25) is 0 Å². The van der Waals surface area contributed by atoms with Crippen LogP contribution >= 0.6 is 0 Å². The van der Waals surface area contributed by atoms with E-state index in [9.17, 15) is 32.2 Å². The lowest BCUT2D eigenvalue weighted by Crippen LogP contribution is -2.57. The van der Waals surface area contributed by atoms with Crippen LogP contribution in [0, 0.1) is 46.3 Å². The van der Waals surface area contributed by atoms with Crippen molar-refractivity contribution >= 4 is 0 Å². The predicted molar refractivity (Wildman–Crippen MR) is 107 cm³/mol. The number of aliphatic hydroxyl groups excluding tert-OH is 1. The molecule has 2 N–H and O–H groups in total. The first kappa shape index (κ1) is 23.7. The van der Waals surface area contributed by atoms with Gasteiger partial charge in [0.15, 0.2) is 6.10 Å². The van der Waals surface area contributed by atoms with E-state index in [1.54, 1.807) is 6.92 Å². The van der Waals surface area contributed by atoms with Gasteiger partial charge in [-0.15, -0.1) is 0 Å². The summed E-state index contributed by atoms with van der Waals surface area (Å²) in [5.41, 5.74) is -2.17. The maximum atomic E-state index is 13.5. The summed E-state index contributed by atoms with van der Waals surface area (Å²) in [5.74, 6) is 0.207. The molecule has 4 rings (SSSR count). The SMILES string of the molecule is C[C@@H]([C@H]1CC[C@H]2[C@@H]3CC[C@@H]4C[C@@](O)(C(F)F)CC[C@]4(C)[C@H]3CC[C@]12C)[C@H](O)C(F)(F)F. The molecule has 4 aliphatic carbocycles. The molecule has 4 aliphatic rings. The van der Waals surface area contributed by atoms with Crippen molar-refractivity contribution < 1.29 is 32.2 Å². The summed E-state index contributed by atoms with van der Waals surface area (Å²) >= 11 is 0. The minimum atomic E-state index is -4.60. The van der Waals surface area contributed by atoms with Gasteiger partial charge in [-0.05, 0) is 104 Å². The second kappa shape index (κ2) is 7.54. The van der Waals surface area contributed by atoms with Crippen LogP contribution in [-0.2, 0) is 0 Å². The van der Waals surface area contributed by atoms with Gasteiger partial charge in [0.05, 0.1) is 0 Å². The van der Waals surface area contributed by atoms with E-state index in [4.69, 9.17) is 0 Å². The van der Waals surface area contributed by atoms with Crippen LogP contribution < -0.4 is 0 Å². The zero-order valence-electron chi connectivity index (χ0n) is 18.8. The van der Waals surface area contributed by atoms with Gasteiger partial charge in [-0.3, -0.25) is 0 Å². The van der Waals surface area contributed by atoms with Gasteiger partial charge in [-0.2, -0.15) is 13.2 Å².